The standard InChI is InChI=1S/C14H20N2O/c1-10-6-7-13(8-10)16-12-5-3-4-11(9-12)14(17)15-2/h3-5,9-10,13,16H,6-8H2,1-2H3,(H,15,17). The van der Waals surface area contributed by atoms with Crippen molar-refractivity contribution in [2.75, 3.05) is 12.4 Å². The summed E-state index contributed by atoms with van der Waals surface area (Å²) in [4.78, 5) is 11.5. The van der Waals surface area contributed by atoms with Crippen LogP contribution in [0.3, 0.4) is 0 Å². The Bertz CT molecular complexity index is 403. The maximum atomic E-state index is 11.5. The maximum absolute atomic E-state index is 11.5. The van der Waals surface area contributed by atoms with Crippen molar-refractivity contribution in [3.63, 3.8) is 0 Å². The van der Waals surface area contributed by atoms with Gasteiger partial charge in [-0.25, -0.2) is 0 Å². The van der Waals surface area contributed by atoms with Gasteiger partial charge in [0.1, 0.15) is 0 Å². The Hall–Kier alpha value is -1.51. The summed E-state index contributed by atoms with van der Waals surface area (Å²) in [5.41, 5.74) is 1.76. The lowest BCUT2D eigenvalue weighted by molar-refractivity contribution is 0.0963. The molecule has 0 saturated heterocycles. The van der Waals surface area contributed by atoms with Crippen LogP contribution in [-0.2, 0) is 0 Å². The van der Waals surface area contributed by atoms with Gasteiger partial charge in [-0.1, -0.05) is 13.0 Å². The minimum Gasteiger partial charge on any atom is -0.382 e. The molecule has 0 spiro atoms. The van der Waals surface area contributed by atoms with E-state index in [-0.39, 0.29) is 5.91 Å². The van der Waals surface area contributed by atoms with Gasteiger partial charge in [-0.2, -0.15) is 0 Å². The quantitative estimate of drug-likeness (QED) is 0.841. The third kappa shape index (κ3) is 2.99. The number of anilines is 1. The Balaban J connectivity index is 2.03. The van der Waals surface area contributed by atoms with Crippen molar-refractivity contribution in [2.24, 2.45) is 5.92 Å². The summed E-state index contributed by atoms with van der Waals surface area (Å²) in [6, 6.07) is 8.26. The predicted molar refractivity (Wildman–Crippen MR) is 70.3 cm³/mol. The third-order valence-corrected chi connectivity index (χ3v) is 3.42. The van der Waals surface area contributed by atoms with E-state index >= 15 is 0 Å². The molecule has 0 bridgehead atoms. The molecule has 1 aromatic carbocycles. The van der Waals surface area contributed by atoms with E-state index in [1.54, 1.807) is 7.05 Å². The third-order valence-electron chi connectivity index (χ3n) is 3.42. The number of carbonyl (C=O) groups excluding carboxylic acids is 1. The summed E-state index contributed by atoms with van der Waals surface area (Å²) >= 11 is 0. The molecule has 2 rings (SSSR count). The molecule has 1 aliphatic rings. The van der Waals surface area contributed by atoms with Crippen LogP contribution in [0.25, 0.3) is 0 Å². The fraction of sp³-hybridized carbons (Fsp3) is 0.500. The molecule has 3 nitrogen and oxygen atoms in total. The average Bonchev–Trinajstić information content (AvgIpc) is 2.74. The summed E-state index contributed by atoms with van der Waals surface area (Å²) in [6.45, 7) is 2.29. The number of hydrogen-bond acceptors (Lipinski definition) is 2. The molecule has 0 heterocycles. The van der Waals surface area contributed by atoms with Crippen LogP contribution < -0.4 is 10.6 Å². The van der Waals surface area contributed by atoms with Crippen molar-refractivity contribution in [3.05, 3.63) is 29.8 Å². The zero-order valence-corrected chi connectivity index (χ0v) is 10.5. The fourth-order valence-corrected chi connectivity index (χ4v) is 2.47. The van der Waals surface area contributed by atoms with Gasteiger partial charge < -0.3 is 10.6 Å². The second-order valence-corrected chi connectivity index (χ2v) is 4.92. The Morgan fingerprint density at radius 3 is 2.82 bits per heavy atom. The molecule has 1 saturated carbocycles. The molecule has 0 aliphatic heterocycles. The molecule has 1 aliphatic carbocycles. The Morgan fingerprint density at radius 1 is 1.35 bits per heavy atom. The van der Waals surface area contributed by atoms with Gasteiger partial charge in [0, 0.05) is 24.3 Å². The number of amides is 1. The van der Waals surface area contributed by atoms with Gasteiger partial charge in [0.25, 0.3) is 5.91 Å². The molecular formula is C14H20N2O. The van der Waals surface area contributed by atoms with Gasteiger partial charge in [-0.3, -0.25) is 4.79 Å². The predicted octanol–water partition coefficient (Wildman–Crippen LogP) is 2.65. The van der Waals surface area contributed by atoms with Crippen LogP contribution in [0.1, 0.15) is 36.5 Å². The van der Waals surface area contributed by atoms with E-state index in [1.165, 1.54) is 19.3 Å². The smallest absolute Gasteiger partial charge is 0.251 e. The van der Waals surface area contributed by atoms with E-state index in [4.69, 9.17) is 0 Å². The first-order valence-electron chi connectivity index (χ1n) is 6.27. The van der Waals surface area contributed by atoms with Crippen LogP contribution in [0, 0.1) is 5.92 Å². The number of hydrogen-bond donors (Lipinski definition) is 2. The summed E-state index contributed by atoms with van der Waals surface area (Å²) in [6.07, 6.45) is 3.75. The summed E-state index contributed by atoms with van der Waals surface area (Å²) < 4.78 is 0. The van der Waals surface area contributed by atoms with Crippen molar-refractivity contribution in [1.29, 1.82) is 0 Å². The summed E-state index contributed by atoms with van der Waals surface area (Å²) in [7, 11) is 1.65. The first-order chi connectivity index (χ1) is 8.19. The lowest BCUT2D eigenvalue weighted by Crippen LogP contribution is -2.19. The molecule has 2 N–H and O–H groups in total. The van der Waals surface area contributed by atoms with Gasteiger partial charge in [-0.05, 0) is 43.4 Å². The Morgan fingerprint density at radius 2 is 2.18 bits per heavy atom. The van der Waals surface area contributed by atoms with Crippen LogP contribution in [0.5, 0.6) is 0 Å². The van der Waals surface area contributed by atoms with E-state index in [2.05, 4.69) is 17.6 Å². The van der Waals surface area contributed by atoms with Crippen molar-refractivity contribution >= 4 is 11.6 Å². The highest BCUT2D eigenvalue weighted by Crippen LogP contribution is 2.27. The molecule has 17 heavy (non-hydrogen) atoms. The molecule has 92 valence electrons. The van der Waals surface area contributed by atoms with Crippen LogP contribution in [0.4, 0.5) is 5.69 Å². The summed E-state index contributed by atoms with van der Waals surface area (Å²) in [5, 5.41) is 6.15. The van der Waals surface area contributed by atoms with Crippen LogP contribution in [0.15, 0.2) is 24.3 Å². The van der Waals surface area contributed by atoms with Crippen LogP contribution in [-0.4, -0.2) is 19.0 Å². The normalized spacial score (nSPS) is 23.4. The number of carbonyl (C=O) groups is 1. The van der Waals surface area contributed by atoms with E-state index in [0.29, 0.717) is 11.6 Å². The molecule has 2 atom stereocenters. The highest BCUT2D eigenvalue weighted by Gasteiger charge is 2.20. The van der Waals surface area contributed by atoms with Crippen molar-refractivity contribution in [3.8, 4) is 0 Å². The first kappa shape index (κ1) is 12.0. The van der Waals surface area contributed by atoms with E-state index in [9.17, 15) is 4.79 Å². The zero-order chi connectivity index (χ0) is 12.3. The highest BCUT2D eigenvalue weighted by atomic mass is 16.1. The average molecular weight is 232 g/mol. The topological polar surface area (TPSA) is 41.1 Å². The Labute approximate surface area is 103 Å². The highest BCUT2D eigenvalue weighted by molar-refractivity contribution is 5.94. The minimum absolute atomic E-state index is 0.0339. The monoisotopic (exact) mass is 232 g/mol. The van der Waals surface area contributed by atoms with Crippen LogP contribution >= 0.6 is 0 Å². The summed E-state index contributed by atoms with van der Waals surface area (Å²) in [5.74, 6) is 0.781. The van der Waals surface area contributed by atoms with E-state index in [1.807, 2.05) is 24.3 Å². The number of rotatable bonds is 3. The first-order valence-corrected chi connectivity index (χ1v) is 6.27. The maximum Gasteiger partial charge on any atom is 0.251 e. The van der Waals surface area contributed by atoms with Gasteiger partial charge >= 0.3 is 0 Å². The fourth-order valence-electron chi connectivity index (χ4n) is 2.47. The lowest BCUT2D eigenvalue weighted by atomic mass is 10.1. The van der Waals surface area contributed by atoms with E-state index < -0.39 is 0 Å². The molecule has 0 radical (unpaired) electrons. The SMILES string of the molecule is CNC(=O)c1cccc(NC2CCC(C)C2)c1. The van der Waals surface area contributed by atoms with Crippen molar-refractivity contribution in [2.45, 2.75) is 32.2 Å². The van der Waals surface area contributed by atoms with Gasteiger partial charge in [0.2, 0.25) is 0 Å². The van der Waals surface area contributed by atoms with Crippen molar-refractivity contribution < 1.29 is 4.79 Å². The molecule has 2 unspecified atom stereocenters. The Kier molecular flexibility index (Phi) is 3.67. The van der Waals surface area contributed by atoms with Gasteiger partial charge in [0.05, 0.1) is 0 Å². The van der Waals surface area contributed by atoms with Gasteiger partial charge in [-0.15, -0.1) is 0 Å². The number of nitrogens with one attached hydrogen (secondary N) is 2. The molecule has 1 amide bonds. The lowest BCUT2D eigenvalue weighted by Gasteiger charge is -2.14. The van der Waals surface area contributed by atoms with Crippen LogP contribution in [0.2, 0.25) is 0 Å². The molecule has 3 heteroatoms. The second kappa shape index (κ2) is 5.21. The minimum atomic E-state index is -0.0339. The van der Waals surface area contributed by atoms with E-state index in [0.717, 1.165) is 11.6 Å². The number of benzene rings is 1. The largest absolute Gasteiger partial charge is 0.382 e. The molecule has 0 aromatic heterocycles. The van der Waals surface area contributed by atoms with Gasteiger partial charge in [0.15, 0.2) is 0 Å². The second-order valence-electron chi connectivity index (χ2n) is 4.92. The molecule has 1 aromatic rings. The van der Waals surface area contributed by atoms with Crippen molar-refractivity contribution in [1.82, 2.24) is 5.32 Å². The zero-order valence-electron chi connectivity index (χ0n) is 10.5. The molecular weight excluding hydrogens is 212 g/mol. The molecule has 1 fully saturated rings.